The molecule has 3 N–H and O–H groups in total. The van der Waals surface area contributed by atoms with E-state index in [1.165, 1.54) is 12.1 Å². The first kappa shape index (κ1) is 21.3. The molecular weight excluding hydrogens is 417 g/mol. The van der Waals surface area contributed by atoms with Crippen molar-refractivity contribution in [3.05, 3.63) is 60.3 Å². The minimum absolute atomic E-state index is 0.228. The molecule has 1 saturated heterocycles. The molecule has 0 aliphatic carbocycles. The number of anilines is 3. The number of piperazine rings is 1. The van der Waals surface area contributed by atoms with Crippen molar-refractivity contribution in [3.8, 4) is 11.4 Å². The number of halogens is 1. The molecule has 3 aromatic heterocycles. The van der Waals surface area contributed by atoms with E-state index in [0.717, 1.165) is 59.0 Å². The van der Waals surface area contributed by atoms with Crippen molar-refractivity contribution < 1.29 is 4.39 Å². The van der Waals surface area contributed by atoms with E-state index in [0.29, 0.717) is 11.9 Å². The largest absolute Gasteiger partial charge is 0.364 e. The Balaban J connectivity index is 1.58. The second kappa shape index (κ2) is 8.78. The zero-order valence-corrected chi connectivity index (χ0v) is 19.1. The predicted molar refractivity (Wildman–Crippen MR) is 131 cm³/mol. The summed E-state index contributed by atoms with van der Waals surface area (Å²) in [5.41, 5.74) is 4.69. The quantitative estimate of drug-likeness (QED) is 0.408. The molecule has 0 spiro atoms. The summed E-state index contributed by atoms with van der Waals surface area (Å²) in [6.45, 7) is 9.29. The molecule has 8 heteroatoms. The Hall–Kier alpha value is -3.52. The lowest BCUT2D eigenvalue weighted by Crippen LogP contribution is -2.49. The first-order valence-corrected chi connectivity index (χ1v) is 11.3. The number of aromatic amines is 1. The maximum absolute atomic E-state index is 13.4. The lowest BCUT2D eigenvalue weighted by atomic mass is 10.1. The van der Waals surface area contributed by atoms with E-state index in [4.69, 9.17) is 4.98 Å². The third-order valence-corrected chi connectivity index (χ3v) is 6.16. The normalized spacial score (nSPS) is 16.5. The number of pyridine rings is 1. The van der Waals surface area contributed by atoms with Gasteiger partial charge in [0, 0.05) is 55.4 Å². The molecule has 1 aliphatic heterocycles. The van der Waals surface area contributed by atoms with E-state index < -0.39 is 0 Å². The molecule has 170 valence electrons. The van der Waals surface area contributed by atoms with Crippen molar-refractivity contribution in [1.82, 2.24) is 25.3 Å². The van der Waals surface area contributed by atoms with Gasteiger partial charge in [0.1, 0.15) is 17.3 Å². The summed E-state index contributed by atoms with van der Waals surface area (Å²) in [7, 11) is 0. The molecule has 1 aromatic carbocycles. The van der Waals surface area contributed by atoms with E-state index in [1.54, 1.807) is 18.3 Å². The van der Waals surface area contributed by atoms with Gasteiger partial charge >= 0.3 is 0 Å². The van der Waals surface area contributed by atoms with E-state index in [9.17, 15) is 4.39 Å². The zero-order valence-electron chi connectivity index (χ0n) is 19.1. The number of hydrogen-bond acceptors (Lipinski definition) is 6. The highest BCUT2D eigenvalue weighted by molar-refractivity contribution is 6.01. The molecule has 0 unspecified atom stereocenters. The van der Waals surface area contributed by atoms with Crippen molar-refractivity contribution in [2.24, 2.45) is 0 Å². The molecule has 0 saturated carbocycles. The fraction of sp³-hybridized carbons (Fsp3) is 0.320. The summed E-state index contributed by atoms with van der Waals surface area (Å²) in [5, 5.41) is 8.07. The van der Waals surface area contributed by atoms with Gasteiger partial charge in [-0.1, -0.05) is 13.8 Å². The Morgan fingerprint density at radius 1 is 1.15 bits per heavy atom. The minimum atomic E-state index is -0.280. The van der Waals surface area contributed by atoms with Crippen molar-refractivity contribution >= 4 is 28.2 Å². The van der Waals surface area contributed by atoms with Crippen LogP contribution in [0.5, 0.6) is 0 Å². The van der Waals surface area contributed by atoms with Crippen LogP contribution in [0, 0.1) is 5.82 Å². The van der Waals surface area contributed by atoms with Gasteiger partial charge in [0.15, 0.2) is 5.82 Å². The Bertz CT molecular complexity index is 1270. The second-order valence-corrected chi connectivity index (χ2v) is 8.79. The van der Waals surface area contributed by atoms with Gasteiger partial charge in [0.2, 0.25) is 0 Å². The van der Waals surface area contributed by atoms with Crippen LogP contribution in [0.15, 0.2) is 48.9 Å². The summed E-state index contributed by atoms with van der Waals surface area (Å²) in [6, 6.07) is 8.61. The number of rotatable bonds is 5. The highest BCUT2D eigenvalue weighted by atomic mass is 19.1. The molecule has 4 aromatic rings. The van der Waals surface area contributed by atoms with Crippen molar-refractivity contribution in [1.29, 1.82) is 0 Å². The maximum Gasteiger partial charge on any atom is 0.161 e. The average molecular weight is 446 g/mol. The van der Waals surface area contributed by atoms with Gasteiger partial charge in [0.05, 0.1) is 16.8 Å². The number of aromatic nitrogens is 4. The van der Waals surface area contributed by atoms with Crippen LogP contribution in [0.25, 0.3) is 22.4 Å². The predicted octanol–water partition coefficient (Wildman–Crippen LogP) is 4.82. The summed E-state index contributed by atoms with van der Waals surface area (Å²) in [4.78, 5) is 19.7. The lowest BCUT2D eigenvalue weighted by molar-refractivity contribution is 0.502. The second-order valence-electron chi connectivity index (χ2n) is 8.79. The molecule has 5 rings (SSSR count). The fourth-order valence-corrected chi connectivity index (χ4v) is 4.35. The lowest BCUT2D eigenvalue weighted by Gasteiger charge is -2.35. The molecule has 1 fully saturated rings. The molecule has 1 aliphatic rings. The first-order valence-electron chi connectivity index (χ1n) is 11.3. The summed E-state index contributed by atoms with van der Waals surface area (Å²) in [6.07, 6.45) is 5.69. The van der Waals surface area contributed by atoms with Crippen molar-refractivity contribution in [2.45, 2.75) is 32.7 Å². The highest BCUT2D eigenvalue weighted by Crippen LogP contribution is 2.36. The van der Waals surface area contributed by atoms with E-state index >= 15 is 0 Å². The molecule has 7 nitrogen and oxygen atoms in total. The first-order chi connectivity index (χ1) is 16.0. The number of benzene rings is 1. The molecule has 0 radical (unpaired) electrons. The fourth-order valence-electron chi connectivity index (χ4n) is 4.35. The van der Waals surface area contributed by atoms with Crippen LogP contribution in [-0.4, -0.2) is 45.6 Å². The van der Waals surface area contributed by atoms with Crippen molar-refractivity contribution in [2.75, 3.05) is 29.9 Å². The van der Waals surface area contributed by atoms with Crippen LogP contribution >= 0.6 is 0 Å². The van der Waals surface area contributed by atoms with Crippen LogP contribution in [0.4, 0.5) is 21.6 Å². The van der Waals surface area contributed by atoms with E-state index in [2.05, 4.69) is 51.3 Å². The summed E-state index contributed by atoms with van der Waals surface area (Å²) < 4.78 is 13.4. The summed E-state index contributed by atoms with van der Waals surface area (Å²) >= 11 is 0. The van der Waals surface area contributed by atoms with Crippen molar-refractivity contribution in [3.63, 3.8) is 0 Å². The Morgan fingerprint density at radius 2 is 1.97 bits per heavy atom. The average Bonchev–Trinajstić information content (AvgIpc) is 3.25. The van der Waals surface area contributed by atoms with Gasteiger partial charge < -0.3 is 20.5 Å². The Morgan fingerprint density at radius 3 is 2.73 bits per heavy atom. The molecule has 1 atom stereocenters. The third kappa shape index (κ3) is 4.14. The summed E-state index contributed by atoms with van der Waals surface area (Å²) in [5.74, 6) is 1.24. The zero-order chi connectivity index (χ0) is 22.9. The molecule has 0 bridgehead atoms. The smallest absolute Gasteiger partial charge is 0.161 e. The van der Waals surface area contributed by atoms with Crippen LogP contribution < -0.4 is 15.5 Å². The number of H-pyrrole nitrogens is 1. The topological polar surface area (TPSA) is 81.8 Å². The number of nitrogens with one attached hydrogen (secondary N) is 3. The Labute approximate surface area is 192 Å². The van der Waals surface area contributed by atoms with Crippen LogP contribution in [0.1, 0.15) is 32.3 Å². The monoisotopic (exact) mass is 445 g/mol. The van der Waals surface area contributed by atoms with Crippen LogP contribution in [0.2, 0.25) is 0 Å². The number of fused-ring (bicyclic) bond motifs is 1. The van der Waals surface area contributed by atoms with Gasteiger partial charge in [-0.25, -0.2) is 19.3 Å². The SMILES string of the molecule is CC(C)c1cnc(-c2ccc(F)cc2)nc1Nc1ccnc2[nH]cc(N3CCNC[C@@H]3C)c12. The maximum atomic E-state index is 13.4. The molecule has 0 amide bonds. The van der Waals surface area contributed by atoms with Gasteiger partial charge in [-0.15, -0.1) is 0 Å². The van der Waals surface area contributed by atoms with E-state index in [1.807, 2.05) is 18.5 Å². The van der Waals surface area contributed by atoms with E-state index in [-0.39, 0.29) is 11.7 Å². The standard InChI is InChI=1S/C25H28FN7/c1-15(2)19-13-29-23(17-4-6-18(26)7-5-17)32-24(19)31-20-8-9-28-25-22(20)21(14-30-25)33-11-10-27-12-16(33)3/h4-9,13-16,27H,10-12H2,1-3H3,(H2,28,29,30,31,32)/t16-/m0/s1. The number of nitrogens with zero attached hydrogens (tertiary/aromatic N) is 4. The third-order valence-electron chi connectivity index (χ3n) is 6.16. The van der Waals surface area contributed by atoms with Gasteiger partial charge in [-0.3, -0.25) is 0 Å². The highest BCUT2D eigenvalue weighted by Gasteiger charge is 2.23. The van der Waals surface area contributed by atoms with Gasteiger partial charge in [0.25, 0.3) is 0 Å². The van der Waals surface area contributed by atoms with Gasteiger partial charge in [-0.2, -0.15) is 0 Å². The van der Waals surface area contributed by atoms with Crippen LogP contribution in [-0.2, 0) is 0 Å². The number of hydrogen-bond donors (Lipinski definition) is 3. The van der Waals surface area contributed by atoms with Crippen LogP contribution in [0.3, 0.4) is 0 Å². The minimum Gasteiger partial charge on any atom is -0.364 e. The molecule has 4 heterocycles. The molecule has 33 heavy (non-hydrogen) atoms. The van der Waals surface area contributed by atoms with Gasteiger partial charge in [-0.05, 0) is 43.2 Å². The molecular formula is C25H28FN7. The Kier molecular flexibility index (Phi) is 5.68.